The predicted octanol–water partition coefficient (Wildman–Crippen LogP) is 11.3. The summed E-state index contributed by atoms with van der Waals surface area (Å²) in [5, 5.41) is 0. The Morgan fingerprint density at radius 1 is 0.467 bits per heavy atom. The Morgan fingerprint density at radius 2 is 0.800 bits per heavy atom. The fourth-order valence-corrected chi connectivity index (χ4v) is 4.81. The van der Waals surface area contributed by atoms with Crippen molar-refractivity contribution in [1.29, 1.82) is 0 Å². The van der Waals surface area contributed by atoms with Gasteiger partial charge in [0, 0.05) is 0 Å². The maximum atomic E-state index is 2.32. The molecule has 0 saturated heterocycles. The molecule has 0 aromatic carbocycles. The molecule has 0 radical (unpaired) electrons. The van der Waals surface area contributed by atoms with Crippen LogP contribution in [0.5, 0.6) is 0 Å². The van der Waals surface area contributed by atoms with Crippen molar-refractivity contribution in [3.05, 3.63) is 23.8 Å². The molecule has 0 nitrogen and oxygen atoms in total. The van der Waals surface area contributed by atoms with Crippen molar-refractivity contribution in [2.45, 2.75) is 167 Å². The number of allylic oxidation sites excluding steroid dienone is 4. The molecule has 0 N–H and O–H groups in total. The van der Waals surface area contributed by atoms with Crippen LogP contribution in [0.2, 0.25) is 0 Å². The first-order chi connectivity index (χ1) is 14.9. The second-order valence-electron chi connectivity index (χ2n) is 9.99. The zero-order valence-electron chi connectivity index (χ0n) is 20.9. The lowest BCUT2D eigenvalue weighted by molar-refractivity contribution is 0.518. The molecular formula is C30H56. The second-order valence-corrected chi connectivity index (χ2v) is 9.99. The van der Waals surface area contributed by atoms with Crippen molar-refractivity contribution in [2.24, 2.45) is 0 Å². The summed E-state index contributed by atoms with van der Waals surface area (Å²) in [6.45, 7) is 2.30. The molecule has 0 saturated carbocycles. The minimum atomic E-state index is 1.22. The van der Waals surface area contributed by atoms with E-state index in [9.17, 15) is 0 Å². The second kappa shape index (κ2) is 23.1. The predicted molar refractivity (Wildman–Crippen MR) is 138 cm³/mol. The van der Waals surface area contributed by atoms with Gasteiger partial charge >= 0.3 is 0 Å². The number of hydrogen-bond acceptors (Lipinski definition) is 0. The first-order valence-electron chi connectivity index (χ1n) is 14.3. The van der Waals surface area contributed by atoms with Crippen molar-refractivity contribution in [1.82, 2.24) is 0 Å². The summed E-state index contributed by atoms with van der Waals surface area (Å²) in [5.41, 5.74) is 1.65. The van der Waals surface area contributed by atoms with Gasteiger partial charge in [-0.1, -0.05) is 172 Å². The third-order valence-electron chi connectivity index (χ3n) is 6.95. The minimum absolute atomic E-state index is 1.22. The first-order valence-corrected chi connectivity index (χ1v) is 14.3. The molecule has 1 aliphatic carbocycles. The lowest BCUT2D eigenvalue weighted by Gasteiger charge is -2.04. The molecule has 0 aliphatic heterocycles. The van der Waals surface area contributed by atoms with Gasteiger partial charge in [0.25, 0.3) is 0 Å². The average molecular weight is 417 g/mol. The van der Waals surface area contributed by atoms with Crippen molar-refractivity contribution < 1.29 is 0 Å². The van der Waals surface area contributed by atoms with Crippen molar-refractivity contribution in [3.8, 4) is 0 Å². The van der Waals surface area contributed by atoms with Crippen LogP contribution in [0.15, 0.2) is 23.8 Å². The van der Waals surface area contributed by atoms with E-state index in [1.54, 1.807) is 5.57 Å². The fourth-order valence-electron chi connectivity index (χ4n) is 4.81. The van der Waals surface area contributed by atoms with Gasteiger partial charge in [-0.05, 0) is 19.3 Å². The summed E-state index contributed by atoms with van der Waals surface area (Å²) >= 11 is 0. The Morgan fingerprint density at radius 3 is 1.10 bits per heavy atom. The molecular weight excluding hydrogens is 360 g/mol. The third-order valence-corrected chi connectivity index (χ3v) is 6.95. The summed E-state index contributed by atoms with van der Waals surface area (Å²) in [5.74, 6) is 0. The Kier molecular flexibility index (Phi) is 21.2. The van der Waals surface area contributed by atoms with Gasteiger partial charge in [0.05, 0.1) is 0 Å². The van der Waals surface area contributed by atoms with E-state index >= 15 is 0 Å². The maximum Gasteiger partial charge on any atom is -0.0133 e. The van der Waals surface area contributed by atoms with E-state index in [1.165, 1.54) is 161 Å². The van der Waals surface area contributed by atoms with Crippen molar-refractivity contribution >= 4 is 0 Å². The third kappa shape index (κ3) is 19.4. The van der Waals surface area contributed by atoms with Crippen LogP contribution < -0.4 is 0 Å². The molecule has 0 fully saturated rings. The highest BCUT2D eigenvalue weighted by molar-refractivity contribution is 5.22. The summed E-state index contributed by atoms with van der Waals surface area (Å²) < 4.78 is 0. The molecule has 0 aromatic heterocycles. The minimum Gasteiger partial charge on any atom is -0.0805 e. The van der Waals surface area contributed by atoms with E-state index in [4.69, 9.17) is 0 Å². The first kappa shape index (κ1) is 27.5. The van der Waals surface area contributed by atoms with Crippen LogP contribution in [-0.4, -0.2) is 0 Å². The van der Waals surface area contributed by atoms with Gasteiger partial charge in [-0.3, -0.25) is 0 Å². The van der Waals surface area contributed by atoms with Crippen LogP contribution in [0.4, 0.5) is 0 Å². The zero-order valence-corrected chi connectivity index (χ0v) is 20.9. The molecule has 0 spiro atoms. The van der Waals surface area contributed by atoms with E-state index in [-0.39, 0.29) is 0 Å². The molecule has 1 rings (SSSR count). The monoisotopic (exact) mass is 416 g/mol. The van der Waals surface area contributed by atoms with Gasteiger partial charge in [-0.2, -0.15) is 0 Å². The van der Waals surface area contributed by atoms with Crippen molar-refractivity contribution in [3.63, 3.8) is 0 Å². The summed E-state index contributed by atoms with van der Waals surface area (Å²) in [4.78, 5) is 0. The molecule has 0 bridgehead atoms. The van der Waals surface area contributed by atoms with E-state index in [0.29, 0.717) is 0 Å². The highest BCUT2D eigenvalue weighted by Gasteiger charge is 1.99. The van der Waals surface area contributed by atoms with E-state index in [1.807, 2.05) is 0 Å². The molecule has 0 unspecified atom stereocenters. The maximum absolute atomic E-state index is 2.32. The van der Waals surface area contributed by atoms with Gasteiger partial charge in [0.2, 0.25) is 0 Å². The standard InChI is InChI=1S/C30H56/c1-2-3-4-5-6-7-8-9-10-11-12-13-14-15-16-17-18-19-20-21-22-23-24-27-30-28-25-26-29-30/h25-26,28H,2-24,27,29H2,1H3. The average Bonchev–Trinajstić information content (AvgIpc) is 3.28. The van der Waals surface area contributed by atoms with Gasteiger partial charge in [-0.15, -0.1) is 0 Å². The SMILES string of the molecule is CCCCCCCCCCCCCCCCCCCCCCCCCC1=CC=CC1. The Bertz CT molecular complexity index is 389. The lowest BCUT2D eigenvalue weighted by Crippen LogP contribution is -1.85. The van der Waals surface area contributed by atoms with Crippen molar-refractivity contribution in [2.75, 3.05) is 0 Å². The van der Waals surface area contributed by atoms with Gasteiger partial charge in [-0.25, -0.2) is 0 Å². The summed E-state index contributed by atoms with van der Waals surface area (Å²) in [6.07, 6.45) is 43.2. The number of rotatable bonds is 24. The quantitative estimate of drug-likeness (QED) is 0.137. The Balaban J connectivity index is 1.62. The molecule has 0 atom stereocenters. The fraction of sp³-hybridized carbons (Fsp3) is 0.867. The van der Waals surface area contributed by atoms with Crippen LogP contribution in [0.1, 0.15) is 167 Å². The van der Waals surface area contributed by atoms with Crippen LogP contribution >= 0.6 is 0 Å². The van der Waals surface area contributed by atoms with Gasteiger partial charge in [0.1, 0.15) is 0 Å². The van der Waals surface area contributed by atoms with E-state index in [0.717, 1.165) is 0 Å². The van der Waals surface area contributed by atoms with Gasteiger partial charge in [0.15, 0.2) is 0 Å². The molecule has 0 heteroatoms. The number of unbranched alkanes of at least 4 members (excludes halogenated alkanes) is 22. The lowest BCUT2D eigenvalue weighted by atomic mass is 10.0. The van der Waals surface area contributed by atoms with Crippen LogP contribution in [0, 0.1) is 0 Å². The molecule has 176 valence electrons. The Hall–Kier alpha value is -0.520. The van der Waals surface area contributed by atoms with E-state index in [2.05, 4.69) is 25.2 Å². The highest BCUT2D eigenvalue weighted by atomic mass is 14.1. The normalized spacial score (nSPS) is 13.3. The van der Waals surface area contributed by atoms with Crippen LogP contribution in [0.25, 0.3) is 0 Å². The highest BCUT2D eigenvalue weighted by Crippen LogP contribution is 2.19. The summed E-state index contributed by atoms with van der Waals surface area (Å²) in [7, 11) is 0. The van der Waals surface area contributed by atoms with Gasteiger partial charge < -0.3 is 0 Å². The van der Waals surface area contributed by atoms with Crippen LogP contribution in [0.3, 0.4) is 0 Å². The Labute approximate surface area is 191 Å². The van der Waals surface area contributed by atoms with Crippen LogP contribution in [-0.2, 0) is 0 Å². The summed E-state index contributed by atoms with van der Waals surface area (Å²) in [6, 6.07) is 0. The molecule has 0 aromatic rings. The molecule has 0 heterocycles. The topological polar surface area (TPSA) is 0 Å². The smallest absolute Gasteiger partial charge is 0.0133 e. The molecule has 0 amide bonds. The largest absolute Gasteiger partial charge is 0.0805 e. The van der Waals surface area contributed by atoms with E-state index < -0.39 is 0 Å². The zero-order chi connectivity index (χ0) is 21.4. The molecule has 30 heavy (non-hydrogen) atoms. The number of hydrogen-bond donors (Lipinski definition) is 0. The molecule has 1 aliphatic rings.